The summed E-state index contributed by atoms with van der Waals surface area (Å²) in [5, 5.41) is 39.0. The predicted octanol–water partition coefficient (Wildman–Crippen LogP) is 2.27. The van der Waals surface area contributed by atoms with Crippen molar-refractivity contribution in [2.75, 3.05) is 31.6 Å². The van der Waals surface area contributed by atoms with E-state index in [9.17, 15) is 14.6 Å². The van der Waals surface area contributed by atoms with Crippen LogP contribution >= 0.6 is 11.6 Å². The minimum absolute atomic E-state index is 0.0209. The highest BCUT2D eigenvalue weighted by Crippen LogP contribution is 2.36. The number of fused-ring (bicyclic) bond motifs is 1. The van der Waals surface area contributed by atoms with Gasteiger partial charge in [-0.25, -0.2) is 14.4 Å². The number of imidazole rings is 1. The van der Waals surface area contributed by atoms with Gasteiger partial charge in [-0.2, -0.15) is 5.26 Å². The van der Waals surface area contributed by atoms with Gasteiger partial charge in [-0.1, -0.05) is 24.6 Å². The third-order valence-corrected chi connectivity index (χ3v) is 7.71. The number of aliphatic hydroxyl groups excluding tert-OH is 2. The molecule has 0 saturated carbocycles. The Hall–Kier alpha value is -4.56. The van der Waals surface area contributed by atoms with E-state index in [1.807, 2.05) is 25.1 Å². The molecular weight excluding hydrogens is 629 g/mol. The lowest BCUT2D eigenvalue weighted by Gasteiger charge is -2.21. The third-order valence-electron chi connectivity index (χ3n) is 7.34. The van der Waals surface area contributed by atoms with E-state index in [0.29, 0.717) is 67.2 Å². The van der Waals surface area contributed by atoms with Crippen molar-refractivity contribution in [1.82, 2.24) is 25.0 Å². The lowest BCUT2D eigenvalue weighted by molar-refractivity contribution is 0.0993. The first-order valence-electron chi connectivity index (χ1n) is 15.0. The van der Waals surface area contributed by atoms with Crippen molar-refractivity contribution in [3.8, 4) is 23.1 Å². The highest BCUT2D eigenvalue weighted by Gasteiger charge is 2.19. The number of benzene rings is 2. The Morgan fingerprint density at radius 3 is 2.72 bits per heavy atom. The molecule has 0 saturated heterocycles. The second-order valence-corrected chi connectivity index (χ2v) is 10.9. The molecule has 4 aromatic rings. The standard InChI is InChI=1S/C31H39ClFN11O3/c1-2-18-16-19(5-6-20(18)29(45)39-11-12-40-30(46)22(35)4-3-10-41-31(36)37)43-27-28-42-17-23(44(28)14-13-38-27)21-7-8-24(47-15-9-34)26(33)25(21)32/h5-8,13-14,16-17,22,29-30,39-40,45-46H,2-4,10-12,15,35H2,1H3,(H,38,43)(H4,36,37,41). The maximum Gasteiger partial charge on any atom is 0.185 e. The van der Waals surface area contributed by atoms with E-state index in [-0.39, 0.29) is 23.3 Å². The van der Waals surface area contributed by atoms with E-state index in [4.69, 9.17) is 38.8 Å². The highest BCUT2D eigenvalue weighted by molar-refractivity contribution is 6.33. The van der Waals surface area contributed by atoms with Crippen LogP contribution in [0.4, 0.5) is 15.9 Å². The normalized spacial score (nSPS) is 13.1. The highest BCUT2D eigenvalue weighted by atomic mass is 35.5. The topological polar surface area (TPSA) is 230 Å². The van der Waals surface area contributed by atoms with Gasteiger partial charge >= 0.3 is 0 Å². The number of nitrogens with one attached hydrogen (secondary N) is 3. The second-order valence-electron chi connectivity index (χ2n) is 10.6. The SMILES string of the molecule is CCc1cc(Nc2nccn3c(-c4ccc(OCC#N)c(F)c4Cl)cnc23)ccc1C(O)NCCNC(O)C(N)CCCN=C(N)N. The summed E-state index contributed by atoms with van der Waals surface area (Å²) in [6, 6.07) is 9.90. The number of nitrogens with zero attached hydrogens (tertiary/aromatic N) is 5. The average molecular weight is 668 g/mol. The van der Waals surface area contributed by atoms with Crippen LogP contribution in [-0.4, -0.2) is 69.1 Å². The van der Waals surface area contributed by atoms with E-state index in [0.717, 1.165) is 11.3 Å². The van der Waals surface area contributed by atoms with Crippen molar-refractivity contribution in [2.45, 2.75) is 44.7 Å². The molecule has 3 atom stereocenters. The van der Waals surface area contributed by atoms with E-state index in [1.165, 1.54) is 6.07 Å². The Labute approximate surface area is 276 Å². The fraction of sp³-hybridized carbons (Fsp3) is 0.355. The van der Waals surface area contributed by atoms with Crippen LogP contribution in [0.15, 0.2) is 53.9 Å². The molecule has 16 heteroatoms. The maximum atomic E-state index is 14.8. The summed E-state index contributed by atoms with van der Waals surface area (Å²) < 4.78 is 21.7. The molecule has 0 amide bonds. The van der Waals surface area contributed by atoms with Crippen LogP contribution < -0.4 is 37.9 Å². The molecule has 0 aliphatic rings. The first-order chi connectivity index (χ1) is 22.6. The molecule has 3 unspecified atom stereocenters. The Kier molecular flexibility index (Phi) is 12.6. The van der Waals surface area contributed by atoms with Crippen LogP contribution in [-0.2, 0) is 6.42 Å². The van der Waals surface area contributed by atoms with Gasteiger partial charge in [0.25, 0.3) is 0 Å². The van der Waals surface area contributed by atoms with Crippen LogP contribution in [0.3, 0.4) is 0 Å². The average Bonchev–Trinajstić information content (AvgIpc) is 3.50. The van der Waals surface area contributed by atoms with Crippen molar-refractivity contribution in [3.05, 3.63) is 70.9 Å². The van der Waals surface area contributed by atoms with Gasteiger partial charge in [-0.3, -0.25) is 20.0 Å². The zero-order chi connectivity index (χ0) is 33.9. The van der Waals surface area contributed by atoms with Crippen LogP contribution in [0.2, 0.25) is 5.02 Å². The zero-order valence-corrected chi connectivity index (χ0v) is 26.6. The number of halogens is 2. The zero-order valence-electron chi connectivity index (χ0n) is 25.8. The minimum Gasteiger partial charge on any atom is -0.476 e. The van der Waals surface area contributed by atoms with Gasteiger partial charge in [0.2, 0.25) is 0 Å². The molecule has 0 fully saturated rings. The summed E-state index contributed by atoms with van der Waals surface area (Å²) in [5.74, 6) is -0.405. The number of hydrogen-bond acceptors (Lipinski definition) is 11. The van der Waals surface area contributed by atoms with E-state index in [2.05, 4.69) is 30.9 Å². The molecular formula is C31H39ClFN11O3. The second kappa shape index (κ2) is 16.8. The Morgan fingerprint density at radius 1 is 1.19 bits per heavy atom. The van der Waals surface area contributed by atoms with Crippen LogP contribution in [0.1, 0.15) is 37.1 Å². The molecule has 0 aliphatic heterocycles. The number of hydrogen-bond donors (Lipinski definition) is 8. The molecule has 14 nitrogen and oxygen atoms in total. The van der Waals surface area contributed by atoms with Gasteiger partial charge < -0.3 is 37.5 Å². The summed E-state index contributed by atoms with van der Waals surface area (Å²) >= 11 is 6.34. The van der Waals surface area contributed by atoms with Crippen molar-refractivity contribution in [3.63, 3.8) is 0 Å². The number of guanidine groups is 1. The number of aliphatic imine (C=N–C) groups is 1. The number of aliphatic hydroxyl groups is 2. The smallest absolute Gasteiger partial charge is 0.185 e. The predicted molar refractivity (Wildman–Crippen MR) is 178 cm³/mol. The van der Waals surface area contributed by atoms with Crippen molar-refractivity contribution in [2.24, 2.45) is 22.2 Å². The number of nitrogens with two attached hydrogens (primary N) is 3. The van der Waals surface area contributed by atoms with Gasteiger partial charge in [0.1, 0.15) is 18.5 Å². The lowest BCUT2D eigenvalue weighted by Crippen LogP contribution is -2.47. The number of ether oxygens (including phenoxy) is 1. The van der Waals surface area contributed by atoms with Gasteiger partial charge in [-0.15, -0.1) is 0 Å². The third kappa shape index (κ3) is 9.04. The van der Waals surface area contributed by atoms with Crippen molar-refractivity contribution in [1.29, 1.82) is 5.26 Å². The molecule has 2 aromatic carbocycles. The fourth-order valence-electron chi connectivity index (χ4n) is 4.93. The Morgan fingerprint density at radius 2 is 1.98 bits per heavy atom. The lowest BCUT2D eigenvalue weighted by atomic mass is 10.0. The summed E-state index contributed by atoms with van der Waals surface area (Å²) in [6.07, 6.45) is 4.82. The largest absolute Gasteiger partial charge is 0.476 e. The van der Waals surface area contributed by atoms with E-state index < -0.39 is 24.3 Å². The summed E-state index contributed by atoms with van der Waals surface area (Å²) in [5.41, 5.74) is 20.4. The molecule has 0 spiro atoms. The molecule has 2 heterocycles. The minimum atomic E-state index is -0.940. The molecule has 250 valence electrons. The molecule has 0 aliphatic carbocycles. The van der Waals surface area contributed by atoms with Gasteiger partial charge in [0, 0.05) is 49.3 Å². The van der Waals surface area contributed by atoms with Gasteiger partial charge in [0.15, 0.2) is 35.6 Å². The Balaban J connectivity index is 1.39. The summed E-state index contributed by atoms with van der Waals surface area (Å²) in [4.78, 5) is 12.8. The van der Waals surface area contributed by atoms with Gasteiger partial charge in [-0.05, 0) is 54.7 Å². The van der Waals surface area contributed by atoms with Crippen LogP contribution in [0, 0.1) is 17.1 Å². The van der Waals surface area contributed by atoms with Gasteiger partial charge in [0.05, 0.1) is 16.9 Å². The molecule has 0 radical (unpaired) electrons. The number of anilines is 2. The fourth-order valence-corrected chi connectivity index (χ4v) is 5.19. The molecule has 4 rings (SSSR count). The monoisotopic (exact) mass is 667 g/mol. The number of nitriles is 1. The van der Waals surface area contributed by atoms with Crippen LogP contribution in [0.25, 0.3) is 16.9 Å². The first kappa shape index (κ1) is 35.3. The quantitative estimate of drug-likeness (QED) is 0.0351. The molecule has 47 heavy (non-hydrogen) atoms. The maximum absolute atomic E-state index is 14.8. The molecule has 0 bridgehead atoms. The Bertz CT molecular complexity index is 1730. The van der Waals surface area contributed by atoms with Crippen LogP contribution in [0.5, 0.6) is 5.75 Å². The summed E-state index contributed by atoms with van der Waals surface area (Å²) in [7, 11) is 0. The number of aromatic nitrogens is 3. The van der Waals surface area contributed by atoms with Crippen molar-refractivity contribution < 1.29 is 19.3 Å². The first-order valence-corrected chi connectivity index (χ1v) is 15.4. The van der Waals surface area contributed by atoms with E-state index >= 15 is 0 Å². The summed E-state index contributed by atoms with van der Waals surface area (Å²) in [6.45, 7) is 2.87. The van der Waals surface area contributed by atoms with E-state index in [1.54, 1.807) is 35.1 Å². The van der Waals surface area contributed by atoms with Crippen molar-refractivity contribution >= 4 is 34.7 Å². The number of rotatable bonds is 17. The molecule has 2 aromatic heterocycles. The number of aryl methyl sites for hydroxylation is 1. The molecule has 11 N–H and O–H groups in total.